The molecule has 1 N–H and O–H groups in total. The summed E-state index contributed by atoms with van der Waals surface area (Å²) in [6, 6.07) is 4.98. The molecule has 0 atom stereocenters. The number of halogens is 1. The zero-order valence-corrected chi connectivity index (χ0v) is 12.3. The Labute approximate surface area is 116 Å². The van der Waals surface area contributed by atoms with E-state index in [1.807, 2.05) is 6.92 Å². The van der Waals surface area contributed by atoms with Crippen molar-refractivity contribution in [3.05, 3.63) is 22.3 Å². The van der Waals surface area contributed by atoms with Gasteiger partial charge in [0, 0.05) is 49.8 Å². The second-order valence-corrected chi connectivity index (χ2v) is 5.93. The standard InChI is InChI=1S/C13H19BrN4/c1-10-12(14)2-3-13(16-10)18-6-4-17(5-7-18)11-8-15-9-11/h2-3,11,15H,4-9H2,1H3. The first-order valence-electron chi connectivity index (χ1n) is 6.57. The largest absolute Gasteiger partial charge is 0.354 e. The van der Waals surface area contributed by atoms with Crippen LogP contribution in [0.15, 0.2) is 16.6 Å². The molecule has 0 radical (unpaired) electrons. The summed E-state index contributed by atoms with van der Waals surface area (Å²) in [7, 11) is 0. The van der Waals surface area contributed by atoms with E-state index in [4.69, 9.17) is 0 Å². The van der Waals surface area contributed by atoms with Gasteiger partial charge in [0.25, 0.3) is 0 Å². The van der Waals surface area contributed by atoms with Crippen LogP contribution in [0.1, 0.15) is 5.69 Å². The number of aromatic nitrogens is 1. The van der Waals surface area contributed by atoms with Gasteiger partial charge in [0.2, 0.25) is 0 Å². The van der Waals surface area contributed by atoms with Crippen LogP contribution >= 0.6 is 15.9 Å². The van der Waals surface area contributed by atoms with Crippen molar-refractivity contribution in [2.45, 2.75) is 13.0 Å². The lowest BCUT2D eigenvalue weighted by Crippen LogP contribution is -2.61. The molecule has 0 amide bonds. The molecular weight excluding hydrogens is 292 g/mol. The third-order valence-electron chi connectivity index (χ3n) is 3.92. The first-order valence-corrected chi connectivity index (χ1v) is 7.36. The lowest BCUT2D eigenvalue weighted by atomic mass is 10.1. The minimum atomic E-state index is 0.770. The van der Waals surface area contributed by atoms with E-state index in [1.54, 1.807) is 0 Å². The average molecular weight is 311 g/mol. The normalized spacial score (nSPS) is 22.0. The fraction of sp³-hybridized carbons (Fsp3) is 0.615. The first-order chi connectivity index (χ1) is 8.74. The molecule has 0 spiro atoms. The smallest absolute Gasteiger partial charge is 0.128 e. The second-order valence-electron chi connectivity index (χ2n) is 5.07. The highest BCUT2D eigenvalue weighted by Gasteiger charge is 2.27. The molecule has 2 aliphatic rings. The number of hydrogen-bond acceptors (Lipinski definition) is 4. The predicted molar refractivity (Wildman–Crippen MR) is 77.1 cm³/mol. The number of aryl methyl sites for hydroxylation is 1. The van der Waals surface area contributed by atoms with Crippen LogP contribution in [0, 0.1) is 6.92 Å². The fourth-order valence-electron chi connectivity index (χ4n) is 2.55. The summed E-state index contributed by atoms with van der Waals surface area (Å²) < 4.78 is 1.09. The van der Waals surface area contributed by atoms with Crippen molar-refractivity contribution in [2.75, 3.05) is 44.2 Å². The van der Waals surface area contributed by atoms with Crippen LogP contribution in [0.25, 0.3) is 0 Å². The molecule has 1 aromatic heterocycles. The van der Waals surface area contributed by atoms with E-state index in [0.717, 1.165) is 61.3 Å². The summed E-state index contributed by atoms with van der Waals surface area (Å²) >= 11 is 3.50. The Hall–Kier alpha value is -0.650. The highest BCUT2D eigenvalue weighted by Crippen LogP contribution is 2.20. The molecule has 2 saturated heterocycles. The topological polar surface area (TPSA) is 31.4 Å². The van der Waals surface area contributed by atoms with Crippen LogP contribution in [0.3, 0.4) is 0 Å². The van der Waals surface area contributed by atoms with E-state index in [2.05, 4.69) is 48.2 Å². The summed E-state index contributed by atoms with van der Waals surface area (Å²) in [5, 5.41) is 3.34. The minimum absolute atomic E-state index is 0.770. The molecule has 3 heterocycles. The van der Waals surface area contributed by atoms with Crippen molar-refractivity contribution in [3.8, 4) is 0 Å². The number of anilines is 1. The first kappa shape index (κ1) is 12.4. The van der Waals surface area contributed by atoms with E-state index in [0.29, 0.717) is 0 Å². The van der Waals surface area contributed by atoms with Crippen LogP contribution in [0.2, 0.25) is 0 Å². The van der Waals surface area contributed by atoms with Gasteiger partial charge in [-0.1, -0.05) is 0 Å². The van der Waals surface area contributed by atoms with Gasteiger partial charge in [-0.15, -0.1) is 0 Å². The van der Waals surface area contributed by atoms with Gasteiger partial charge in [-0.3, -0.25) is 4.90 Å². The third kappa shape index (κ3) is 2.39. The number of rotatable bonds is 2. The van der Waals surface area contributed by atoms with Gasteiger partial charge in [-0.05, 0) is 35.0 Å². The van der Waals surface area contributed by atoms with Gasteiger partial charge < -0.3 is 10.2 Å². The van der Waals surface area contributed by atoms with Gasteiger partial charge in [-0.25, -0.2) is 4.98 Å². The van der Waals surface area contributed by atoms with Gasteiger partial charge in [0.05, 0.1) is 5.69 Å². The summed E-state index contributed by atoms with van der Waals surface area (Å²) in [5.41, 5.74) is 1.07. The van der Waals surface area contributed by atoms with E-state index in [1.165, 1.54) is 0 Å². The summed E-state index contributed by atoms with van der Waals surface area (Å²) in [4.78, 5) is 9.64. The zero-order chi connectivity index (χ0) is 12.5. The molecule has 1 aromatic rings. The Morgan fingerprint density at radius 2 is 1.94 bits per heavy atom. The molecule has 18 heavy (non-hydrogen) atoms. The molecule has 5 heteroatoms. The maximum absolute atomic E-state index is 4.65. The molecule has 98 valence electrons. The van der Waals surface area contributed by atoms with Crippen LogP contribution in [0.4, 0.5) is 5.82 Å². The Bertz CT molecular complexity index is 425. The molecular formula is C13H19BrN4. The molecule has 0 aliphatic carbocycles. The van der Waals surface area contributed by atoms with Crippen molar-refractivity contribution >= 4 is 21.7 Å². The summed E-state index contributed by atoms with van der Waals surface area (Å²) in [5.74, 6) is 1.11. The molecule has 3 rings (SSSR count). The Balaban J connectivity index is 1.62. The molecule has 2 fully saturated rings. The highest BCUT2D eigenvalue weighted by atomic mass is 79.9. The lowest BCUT2D eigenvalue weighted by Gasteiger charge is -2.43. The highest BCUT2D eigenvalue weighted by molar-refractivity contribution is 9.10. The van der Waals surface area contributed by atoms with Gasteiger partial charge in [0.15, 0.2) is 0 Å². The lowest BCUT2D eigenvalue weighted by molar-refractivity contribution is 0.137. The number of hydrogen-bond donors (Lipinski definition) is 1. The maximum atomic E-state index is 4.65. The Morgan fingerprint density at radius 1 is 1.22 bits per heavy atom. The van der Waals surface area contributed by atoms with Crippen molar-refractivity contribution < 1.29 is 0 Å². The quantitative estimate of drug-likeness (QED) is 0.891. The predicted octanol–water partition coefficient (Wildman–Crippen LogP) is 1.25. The summed E-state index contributed by atoms with van der Waals surface area (Å²) in [6.45, 7) is 8.86. The average Bonchev–Trinajstić information content (AvgIpc) is 2.32. The fourth-order valence-corrected chi connectivity index (χ4v) is 2.78. The van der Waals surface area contributed by atoms with Crippen LogP contribution in [0.5, 0.6) is 0 Å². The van der Waals surface area contributed by atoms with Crippen molar-refractivity contribution in [2.24, 2.45) is 0 Å². The number of nitrogens with zero attached hydrogens (tertiary/aromatic N) is 3. The molecule has 4 nitrogen and oxygen atoms in total. The molecule has 0 unspecified atom stereocenters. The minimum Gasteiger partial charge on any atom is -0.354 e. The number of pyridine rings is 1. The molecule has 2 aliphatic heterocycles. The van der Waals surface area contributed by atoms with Gasteiger partial charge in [0.1, 0.15) is 5.82 Å². The van der Waals surface area contributed by atoms with Crippen molar-refractivity contribution in [1.82, 2.24) is 15.2 Å². The van der Waals surface area contributed by atoms with Crippen LogP contribution in [-0.4, -0.2) is 55.2 Å². The van der Waals surface area contributed by atoms with Crippen LogP contribution < -0.4 is 10.2 Å². The van der Waals surface area contributed by atoms with Crippen molar-refractivity contribution in [3.63, 3.8) is 0 Å². The molecule has 0 bridgehead atoms. The number of piperazine rings is 1. The van der Waals surface area contributed by atoms with Crippen molar-refractivity contribution in [1.29, 1.82) is 0 Å². The SMILES string of the molecule is Cc1nc(N2CCN(C3CNC3)CC2)ccc1Br. The number of nitrogens with one attached hydrogen (secondary N) is 1. The van der Waals surface area contributed by atoms with E-state index in [9.17, 15) is 0 Å². The summed E-state index contributed by atoms with van der Waals surface area (Å²) in [6.07, 6.45) is 0. The Morgan fingerprint density at radius 3 is 2.50 bits per heavy atom. The van der Waals surface area contributed by atoms with Crippen LogP contribution in [-0.2, 0) is 0 Å². The maximum Gasteiger partial charge on any atom is 0.128 e. The molecule has 0 saturated carbocycles. The van der Waals surface area contributed by atoms with E-state index < -0.39 is 0 Å². The van der Waals surface area contributed by atoms with Gasteiger partial charge in [-0.2, -0.15) is 0 Å². The Kier molecular flexibility index (Phi) is 3.54. The molecule has 0 aromatic carbocycles. The van der Waals surface area contributed by atoms with E-state index in [-0.39, 0.29) is 0 Å². The zero-order valence-electron chi connectivity index (χ0n) is 10.7. The van der Waals surface area contributed by atoms with Gasteiger partial charge >= 0.3 is 0 Å². The second kappa shape index (κ2) is 5.15. The van der Waals surface area contributed by atoms with E-state index >= 15 is 0 Å². The monoisotopic (exact) mass is 310 g/mol. The third-order valence-corrected chi connectivity index (χ3v) is 4.76.